The van der Waals surface area contributed by atoms with Gasteiger partial charge in [-0.1, -0.05) is 48.5 Å². The minimum atomic E-state index is -3.99. The SMILES string of the molecule is Cc1cccc(S(=O)(=O)N[C@@H]2CCC(F)(F)c3ccc(N(Cc4nccn4C)C(=O)[C@H]4C[C@H]4c4ccccc4)cc32)c1. The summed E-state index contributed by atoms with van der Waals surface area (Å²) in [6, 6.07) is 19.8. The first-order chi connectivity index (χ1) is 20.0. The number of aryl methyl sites for hydroxylation is 2. The number of amides is 1. The van der Waals surface area contributed by atoms with Crippen molar-refractivity contribution in [3.63, 3.8) is 0 Å². The Balaban J connectivity index is 1.36. The number of imidazole rings is 1. The molecule has 1 aromatic heterocycles. The maximum atomic E-state index is 15.1. The second kappa shape index (κ2) is 10.7. The van der Waals surface area contributed by atoms with E-state index < -0.39 is 28.4 Å². The van der Waals surface area contributed by atoms with Gasteiger partial charge in [0.25, 0.3) is 5.92 Å². The van der Waals surface area contributed by atoms with Gasteiger partial charge in [-0.25, -0.2) is 26.9 Å². The number of nitrogens with one attached hydrogen (secondary N) is 1. The van der Waals surface area contributed by atoms with Gasteiger partial charge in [0.05, 0.1) is 11.4 Å². The predicted octanol–water partition coefficient (Wildman–Crippen LogP) is 5.97. The van der Waals surface area contributed by atoms with Gasteiger partial charge in [0, 0.05) is 49.1 Å². The van der Waals surface area contributed by atoms with Gasteiger partial charge in [0.2, 0.25) is 15.9 Å². The van der Waals surface area contributed by atoms with E-state index in [0.717, 1.165) is 11.1 Å². The monoisotopic (exact) mass is 590 g/mol. The number of hydrogen-bond donors (Lipinski definition) is 1. The number of aromatic nitrogens is 2. The van der Waals surface area contributed by atoms with Crippen LogP contribution in [0.5, 0.6) is 0 Å². The van der Waals surface area contributed by atoms with Crippen LogP contribution in [0.25, 0.3) is 0 Å². The highest BCUT2D eigenvalue weighted by Gasteiger charge is 2.47. The average molecular weight is 591 g/mol. The fourth-order valence-corrected chi connectivity index (χ4v) is 7.19. The minimum Gasteiger partial charge on any atom is -0.337 e. The molecule has 6 rings (SSSR count). The van der Waals surface area contributed by atoms with Crippen LogP contribution in [0.4, 0.5) is 14.5 Å². The standard InChI is InChI=1S/C32H32F2N4O3S/c1-21-7-6-10-24(17-21)42(40,41)36-29-13-14-32(33,34)28-12-11-23(18-27(28)29)38(20-30-35-15-16-37(30)2)31(39)26-19-25(26)22-8-4-3-5-9-22/h3-12,15-18,25-26,29,36H,13-14,19-20H2,1-2H3/t25-,26-,29+/m0/s1. The van der Waals surface area contributed by atoms with Crippen LogP contribution in [0.1, 0.15) is 59.3 Å². The number of hydrogen-bond acceptors (Lipinski definition) is 4. The predicted molar refractivity (Wildman–Crippen MR) is 155 cm³/mol. The third-order valence-electron chi connectivity index (χ3n) is 8.28. The second-order valence-corrected chi connectivity index (χ2v) is 13.0. The maximum absolute atomic E-state index is 15.1. The number of sulfonamides is 1. The molecule has 4 aromatic rings. The fraction of sp³-hybridized carbons (Fsp3) is 0.312. The Morgan fingerprint density at radius 3 is 2.60 bits per heavy atom. The highest BCUT2D eigenvalue weighted by Crippen LogP contribution is 2.50. The number of alkyl halides is 2. The summed E-state index contributed by atoms with van der Waals surface area (Å²) in [5, 5.41) is 0. The van der Waals surface area contributed by atoms with Crippen LogP contribution in [0.15, 0.2) is 90.1 Å². The van der Waals surface area contributed by atoms with Crippen LogP contribution < -0.4 is 9.62 Å². The highest BCUT2D eigenvalue weighted by molar-refractivity contribution is 7.89. The summed E-state index contributed by atoms with van der Waals surface area (Å²) < 4.78 is 61.3. The van der Waals surface area contributed by atoms with Crippen LogP contribution in [0, 0.1) is 12.8 Å². The smallest absolute Gasteiger partial charge is 0.273 e. The van der Waals surface area contributed by atoms with E-state index in [0.29, 0.717) is 17.9 Å². The molecule has 0 saturated heterocycles. The average Bonchev–Trinajstić information content (AvgIpc) is 3.68. The number of halogens is 2. The van der Waals surface area contributed by atoms with Crippen molar-refractivity contribution in [2.75, 3.05) is 4.90 Å². The molecule has 0 radical (unpaired) electrons. The number of benzene rings is 3. The van der Waals surface area contributed by atoms with Crippen molar-refractivity contribution >= 4 is 21.6 Å². The minimum absolute atomic E-state index is 0.0739. The van der Waals surface area contributed by atoms with Crippen LogP contribution in [-0.2, 0) is 34.3 Å². The number of anilines is 1. The summed E-state index contributed by atoms with van der Waals surface area (Å²) in [6.07, 6.45) is 3.55. The van der Waals surface area contributed by atoms with Gasteiger partial charge in [-0.3, -0.25) is 4.79 Å². The second-order valence-electron chi connectivity index (χ2n) is 11.2. The van der Waals surface area contributed by atoms with Crippen molar-refractivity contribution in [3.8, 4) is 0 Å². The molecule has 2 aliphatic rings. The molecule has 1 fully saturated rings. The number of carbonyl (C=O) groups excluding carboxylic acids is 1. The maximum Gasteiger partial charge on any atom is 0.273 e. The molecule has 218 valence electrons. The van der Waals surface area contributed by atoms with E-state index in [4.69, 9.17) is 0 Å². The molecule has 0 unspecified atom stereocenters. The lowest BCUT2D eigenvalue weighted by Gasteiger charge is -2.33. The van der Waals surface area contributed by atoms with Gasteiger partial charge in [-0.15, -0.1) is 0 Å². The van der Waals surface area contributed by atoms with Crippen LogP contribution in [0.2, 0.25) is 0 Å². The van der Waals surface area contributed by atoms with Crippen LogP contribution >= 0.6 is 0 Å². The van der Waals surface area contributed by atoms with E-state index >= 15 is 8.78 Å². The highest BCUT2D eigenvalue weighted by atomic mass is 32.2. The zero-order valence-electron chi connectivity index (χ0n) is 23.4. The first-order valence-corrected chi connectivity index (χ1v) is 15.5. The first kappa shape index (κ1) is 28.2. The normalized spacial score (nSPS) is 21.0. The van der Waals surface area contributed by atoms with Crippen LogP contribution in [-0.4, -0.2) is 23.9 Å². The van der Waals surface area contributed by atoms with E-state index in [-0.39, 0.29) is 46.7 Å². The molecule has 3 atom stereocenters. The molecule has 1 amide bonds. The molecular weight excluding hydrogens is 558 g/mol. The Kier molecular flexibility index (Phi) is 7.22. The molecule has 7 nitrogen and oxygen atoms in total. The molecule has 42 heavy (non-hydrogen) atoms. The molecule has 1 N–H and O–H groups in total. The van der Waals surface area contributed by atoms with Gasteiger partial charge >= 0.3 is 0 Å². The Morgan fingerprint density at radius 1 is 1.10 bits per heavy atom. The molecule has 1 heterocycles. The number of carbonyl (C=O) groups is 1. The lowest BCUT2D eigenvalue weighted by Crippen LogP contribution is -2.36. The molecule has 0 spiro atoms. The summed E-state index contributed by atoms with van der Waals surface area (Å²) >= 11 is 0. The molecule has 10 heteroatoms. The van der Waals surface area contributed by atoms with Gasteiger partial charge in [-0.2, -0.15) is 0 Å². The third-order valence-corrected chi connectivity index (χ3v) is 9.75. The summed E-state index contributed by atoms with van der Waals surface area (Å²) in [5.41, 5.74) is 2.23. The lowest BCUT2D eigenvalue weighted by atomic mass is 9.85. The Labute approximate surface area is 244 Å². The summed E-state index contributed by atoms with van der Waals surface area (Å²) in [5.74, 6) is -2.77. The Morgan fingerprint density at radius 2 is 1.88 bits per heavy atom. The topological polar surface area (TPSA) is 84.3 Å². The van der Waals surface area contributed by atoms with Crippen molar-refractivity contribution in [2.45, 2.75) is 55.5 Å². The zero-order chi connectivity index (χ0) is 29.6. The molecule has 3 aromatic carbocycles. The van der Waals surface area contributed by atoms with E-state index in [1.165, 1.54) is 18.2 Å². The molecule has 0 bridgehead atoms. The number of fused-ring (bicyclic) bond motifs is 1. The third kappa shape index (κ3) is 5.48. The van der Waals surface area contributed by atoms with E-state index in [1.54, 1.807) is 48.5 Å². The Hall–Kier alpha value is -3.89. The fourth-order valence-electron chi connectivity index (χ4n) is 5.84. The Bertz CT molecular complexity index is 1740. The van der Waals surface area contributed by atoms with Gasteiger partial charge in [-0.05, 0) is 66.6 Å². The molecular formula is C32H32F2N4O3S. The number of rotatable bonds is 8. The number of nitrogens with zero attached hydrogens (tertiary/aromatic N) is 3. The van der Waals surface area contributed by atoms with E-state index in [1.807, 2.05) is 41.9 Å². The van der Waals surface area contributed by atoms with Crippen molar-refractivity contribution in [3.05, 3.63) is 113 Å². The van der Waals surface area contributed by atoms with Crippen LogP contribution in [0.3, 0.4) is 0 Å². The molecule has 2 aliphatic carbocycles. The van der Waals surface area contributed by atoms with Crippen molar-refractivity contribution in [1.29, 1.82) is 0 Å². The summed E-state index contributed by atoms with van der Waals surface area (Å²) in [4.78, 5) is 20.0. The largest absolute Gasteiger partial charge is 0.337 e. The van der Waals surface area contributed by atoms with Crippen molar-refractivity contribution in [2.24, 2.45) is 13.0 Å². The van der Waals surface area contributed by atoms with E-state index in [2.05, 4.69) is 9.71 Å². The lowest BCUT2D eigenvalue weighted by molar-refractivity contribution is -0.120. The molecule has 1 saturated carbocycles. The quantitative estimate of drug-likeness (QED) is 0.274. The van der Waals surface area contributed by atoms with Gasteiger partial charge in [0.15, 0.2) is 0 Å². The summed E-state index contributed by atoms with van der Waals surface area (Å²) in [7, 11) is -2.16. The summed E-state index contributed by atoms with van der Waals surface area (Å²) in [6.45, 7) is 1.94. The first-order valence-electron chi connectivity index (χ1n) is 14.0. The van der Waals surface area contributed by atoms with Crippen molar-refractivity contribution < 1.29 is 22.0 Å². The van der Waals surface area contributed by atoms with Gasteiger partial charge < -0.3 is 9.47 Å². The molecule has 0 aliphatic heterocycles. The van der Waals surface area contributed by atoms with Crippen molar-refractivity contribution in [1.82, 2.24) is 14.3 Å². The van der Waals surface area contributed by atoms with E-state index in [9.17, 15) is 13.2 Å². The van der Waals surface area contributed by atoms with Gasteiger partial charge in [0.1, 0.15) is 5.82 Å². The zero-order valence-corrected chi connectivity index (χ0v) is 24.2.